The summed E-state index contributed by atoms with van der Waals surface area (Å²) < 4.78 is 0. The van der Waals surface area contributed by atoms with Gasteiger partial charge in [0, 0.05) is 13.2 Å². The van der Waals surface area contributed by atoms with Gasteiger partial charge in [0.05, 0.1) is 11.9 Å². The zero-order valence-corrected chi connectivity index (χ0v) is 5.96. The van der Waals surface area contributed by atoms with Crippen molar-refractivity contribution in [1.29, 1.82) is 0 Å². The second-order valence-corrected chi connectivity index (χ2v) is 1.62. The number of nitrogens with two attached hydrogens (primary N) is 2. The molecule has 5 N–H and O–H groups in total. The lowest BCUT2D eigenvalue weighted by molar-refractivity contribution is 0.976. The van der Waals surface area contributed by atoms with Gasteiger partial charge in [-0.1, -0.05) is 6.58 Å². The maximum Gasteiger partial charge on any atom is 0.118 e. The first kappa shape index (κ1) is 8.55. The topological polar surface area (TPSA) is 76.4 Å². The Balaban J connectivity index is 3.88. The van der Waals surface area contributed by atoms with Gasteiger partial charge in [-0.25, -0.2) is 4.99 Å². The number of allylic oxidation sites excluding steroid dienone is 1. The molecule has 0 fully saturated rings. The van der Waals surface area contributed by atoms with E-state index in [0.29, 0.717) is 11.5 Å². The Morgan fingerprint density at radius 1 is 1.70 bits per heavy atom. The van der Waals surface area contributed by atoms with Crippen molar-refractivity contribution >= 4 is 6.21 Å². The number of hydrogen-bond acceptors (Lipinski definition) is 4. The van der Waals surface area contributed by atoms with E-state index in [1.165, 1.54) is 12.4 Å². The van der Waals surface area contributed by atoms with E-state index < -0.39 is 0 Å². The zero-order chi connectivity index (χ0) is 7.98. The van der Waals surface area contributed by atoms with Gasteiger partial charge in [0.1, 0.15) is 5.82 Å². The highest BCUT2D eigenvalue weighted by Crippen LogP contribution is 1.82. The molecule has 0 atom stereocenters. The van der Waals surface area contributed by atoms with Crippen LogP contribution in [0.3, 0.4) is 0 Å². The van der Waals surface area contributed by atoms with Crippen molar-refractivity contribution < 1.29 is 0 Å². The van der Waals surface area contributed by atoms with Crippen LogP contribution in [0.5, 0.6) is 0 Å². The van der Waals surface area contributed by atoms with Gasteiger partial charge >= 0.3 is 0 Å². The molecule has 0 aromatic rings. The van der Waals surface area contributed by atoms with Crippen LogP contribution in [0.25, 0.3) is 0 Å². The quantitative estimate of drug-likeness (QED) is 0.463. The average molecular weight is 140 g/mol. The van der Waals surface area contributed by atoms with E-state index in [9.17, 15) is 0 Å². The number of nitrogens with one attached hydrogen (secondary N) is 1. The van der Waals surface area contributed by atoms with Gasteiger partial charge < -0.3 is 16.8 Å². The predicted octanol–water partition coefficient (Wildman–Crippen LogP) is -0.493. The van der Waals surface area contributed by atoms with Crippen LogP contribution in [-0.2, 0) is 0 Å². The first-order chi connectivity index (χ1) is 4.70. The molecule has 0 aliphatic rings. The summed E-state index contributed by atoms with van der Waals surface area (Å²) in [5.74, 6) is 0.546. The van der Waals surface area contributed by atoms with E-state index in [2.05, 4.69) is 16.9 Å². The van der Waals surface area contributed by atoms with E-state index in [0.717, 1.165) is 0 Å². The Hall–Kier alpha value is -1.45. The molecule has 0 unspecified atom stereocenters. The van der Waals surface area contributed by atoms with Crippen LogP contribution in [0.4, 0.5) is 0 Å². The molecule has 0 saturated heterocycles. The van der Waals surface area contributed by atoms with Crippen molar-refractivity contribution in [2.45, 2.75) is 0 Å². The molecule has 0 aliphatic heterocycles. The standard InChI is InChI=1S/C6H12N4/c1-5(9-2)10-4-6(8)3-7/h3-4,9H,1,7-8H2,2H3/b6-3+,10-4-. The van der Waals surface area contributed by atoms with Crippen molar-refractivity contribution in [3.63, 3.8) is 0 Å². The highest BCUT2D eigenvalue weighted by molar-refractivity contribution is 5.77. The molecule has 0 heterocycles. The first-order valence-electron chi connectivity index (χ1n) is 2.78. The first-order valence-corrected chi connectivity index (χ1v) is 2.78. The second kappa shape index (κ2) is 4.43. The second-order valence-electron chi connectivity index (χ2n) is 1.62. The van der Waals surface area contributed by atoms with Gasteiger partial charge in [-0.3, -0.25) is 0 Å². The van der Waals surface area contributed by atoms with Crippen LogP contribution in [-0.4, -0.2) is 13.3 Å². The summed E-state index contributed by atoms with van der Waals surface area (Å²) in [7, 11) is 1.72. The minimum atomic E-state index is 0.413. The van der Waals surface area contributed by atoms with Gasteiger partial charge in [0.25, 0.3) is 0 Å². The van der Waals surface area contributed by atoms with Gasteiger partial charge in [0.2, 0.25) is 0 Å². The van der Waals surface area contributed by atoms with Crippen LogP contribution in [0.1, 0.15) is 0 Å². The molecule has 0 radical (unpaired) electrons. The predicted molar refractivity (Wildman–Crippen MR) is 43.1 cm³/mol. The molecule has 10 heavy (non-hydrogen) atoms. The normalized spacial score (nSPS) is 11.9. The summed E-state index contributed by atoms with van der Waals surface area (Å²) in [6.45, 7) is 3.55. The third-order valence-electron chi connectivity index (χ3n) is 0.850. The Morgan fingerprint density at radius 2 is 2.30 bits per heavy atom. The average Bonchev–Trinajstić information content (AvgIpc) is 1.99. The molecule has 4 nitrogen and oxygen atoms in total. The number of aliphatic imine (C=N–C) groups is 1. The molecule has 0 aromatic heterocycles. The fourth-order valence-corrected chi connectivity index (χ4v) is 0.260. The Kier molecular flexibility index (Phi) is 3.79. The summed E-state index contributed by atoms with van der Waals surface area (Å²) in [5.41, 5.74) is 10.8. The Labute approximate surface area is 60.3 Å². The van der Waals surface area contributed by atoms with Crippen LogP contribution >= 0.6 is 0 Å². The van der Waals surface area contributed by atoms with Gasteiger partial charge in [-0.05, 0) is 0 Å². The maximum absolute atomic E-state index is 5.29. The molecule has 4 heteroatoms. The van der Waals surface area contributed by atoms with Crippen LogP contribution in [0.15, 0.2) is 29.3 Å². The third kappa shape index (κ3) is 3.54. The monoisotopic (exact) mass is 140 g/mol. The number of hydrogen-bond donors (Lipinski definition) is 3. The molecule has 0 amide bonds. The molecular weight excluding hydrogens is 128 g/mol. The smallest absolute Gasteiger partial charge is 0.118 e. The van der Waals surface area contributed by atoms with Crippen LogP contribution in [0.2, 0.25) is 0 Å². The Bertz CT molecular complexity index is 169. The van der Waals surface area contributed by atoms with Crippen LogP contribution in [0, 0.1) is 0 Å². The zero-order valence-electron chi connectivity index (χ0n) is 5.96. The lowest BCUT2D eigenvalue weighted by Gasteiger charge is -1.94. The van der Waals surface area contributed by atoms with Crippen molar-refractivity contribution in [2.75, 3.05) is 7.05 Å². The van der Waals surface area contributed by atoms with E-state index in [1.54, 1.807) is 7.05 Å². The Morgan fingerprint density at radius 3 is 2.70 bits per heavy atom. The molecule has 56 valence electrons. The number of rotatable bonds is 3. The van der Waals surface area contributed by atoms with E-state index >= 15 is 0 Å². The highest BCUT2D eigenvalue weighted by Gasteiger charge is 1.81. The molecule has 0 aliphatic carbocycles. The van der Waals surface area contributed by atoms with Crippen molar-refractivity contribution in [3.05, 3.63) is 24.3 Å². The summed E-state index contributed by atoms with van der Waals surface area (Å²) in [6.07, 6.45) is 2.70. The van der Waals surface area contributed by atoms with E-state index in [4.69, 9.17) is 11.5 Å². The lowest BCUT2D eigenvalue weighted by Crippen LogP contribution is -2.05. The highest BCUT2D eigenvalue weighted by atomic mass is 15.0. The largest absolute Gasteiger partial charge is 0.403 e. The number of nitrogens with zero attached hydrogens (tertiary/aromatic N) is 1. The molecule has 0 bridgehead atoms. The lowest BCUT2D eigenvalue weighted by atomic mass is 10.5. The molecular formula is C6H12N4. The van der Waals surface area contributed by atoms with Gasteiger partial charge in [0.15, 0.2) is 0 Å². The summed E-state index contributed by atoms with van der Waals surface area (Å²) in [6, 6.07) is 0. The SMILES string of the molecule is C=C(/N=C\C(N)=C/N)NC. The van der Waals surface area contributed by atoms with Crippen molar-refractivity contribution in [3.8, 4) is 0 Å². The fraction of sp³-hybridized carbons (Fsp3) is 0.167. The molecule has 0 rings (SSSR count). The van der Waals surface area contributed by atoms with E-state index in [-0.39, 0.29) is 0 Å². The molecule has 0 saturated carbocycles. The summed E-state index contributed by atoms with van der Waals surface area (Å²) >= 11 is 0. The van der Waals surface area contributed by atoms with Gasteiger partial charge in [-0.15, -0.1) is 0 Å². The summed E-state index contributed by atoms with van der Waals surface area (Å²) in [5, 5.41) is 2.73. The van der Waals surface area contributed by atoms with Crippen molar-refractivity contribution in [1.82, 2.24) is 5.32 Å². The molecule has 0 spiro atoms. The fourth-order valence-electron chi connectivity index (χ4n) is 0.260. The molecule has 0 aromatic carbocycles. The van der Waals surface area contributed by atoms with Gasteiger partial charge in [-0.2, -0.15) is 0 Å². The summed E-state index contributed by atoms with van der Waals surface area (Å²) in [4.78, 5) is 3.81. The van der Waals surface area contributed by atoms with Crippen LogP contribution < -0.4 is 16.8 Å². The van der Waals surface area contributed by atoms with E-state index in [1.807, 2.05) is 0 Å². The van der Waals surface area contributed by atoms with Crippen molar-refractivity contribution in [2.24, 2.45) is 16.5 Å². The third-order valence-corrected chi connectivity index (χ3v) is 0.850. The minimum absolute atomic E-state index is 0.413. The minimum Gasteiger partial charge on any atom is -0.403 e. The maximum atomic E-state index is 5.29.